The molecule has 2 saturated carbocycles. The molecule has 0 aromatic carbocycles. The van der Waals surface area contributed by atoms with Gasteiger partial charge >= 0.3 is 0 Å². The van der Waals surface area contributed by atoms with Crippen LogP contribution in [0.2, 0.25) is 0 Å². The van der Waals surface area contributed by atoms with Gasteiger partial charge in [-0.05, 0) is 37.0 Å². The minimum Gasteiger partial charge on any atom is -0.120 e. The van der Waals surface area contributed by atoms with Crippen LogP contribution in [0, 0.1) is 29.6 Å². The summed E-state index contributed by atoms with van der Waals surface area (Å²) in [5, 5.41) is 0. The number of terminal acetylenes is 1. The lowest BCUT2D eigenvalue weighted by Gasteiger charge is -2.37. The lowest BCUT2D eigenvalue weighted by molar-refractivity contribution is 0.143. The maximum Gasteiger partial charge on any atom is 0.0233 e. The number of hydrogen-bond acceptors (Lipinski definition) is 0. The first-order valence-electron chi connectivity index (χ1n) is 4.22. The Bertz CT molecular complexity index is 181. The van der Waals surface area contributed by atoms with Crippen LogP contribution < -0.4 is 0 Å². The summed E-state index contributed by atoms with van der Waals surface area (Å²) < 4.78 is 0. The molecule has 0 nitrogen and oxygen atoms in total. The average molecular weight is 134 g/mol. The highest BCUT2D eigenvalue weighted by Gasteiger charge is 2.50. The van der Waals surface area contributed by atoms with E-state index in [4.69, 9.17) is 6.42 Å². The van der Waals surface area contributed by atoms with Gasteiger partial charge in [0.1, 0.15) is 0 Å². The monoisotopic (exact) mass is 134 g/mol. The van der Waals surface area contributed by atoms with Crippen molar-refractivity contribution in [1.82, 2.24) is 0 Å². The van der Waals surface area contributed by atoms with Crippen molar-refractivity contribution in [3.8, 4) is 12.3 Å². The highest BCUT2D eigenvalue weighted by molar-refractivity contribution is 5.10. The van der Waals surface area contributed by atoms with Crippen molar-refractivity contribution in [2.75, 3.05) is 0 Å². The van der Waals surface area contributed by atoms with Crippen molar-refractivity contribution in [1.29, 1.82) is 0 Å². The Morgan fingerprint density at radius 1 is 1.40 bits per heavy atom. The molecule has 0 aromatic heterocycles. The van der Waals surface area contributed by atoms with E-state index < -0.39 is 0 Å². The van der Waals surface area contributed by atoms with Crippen molar-refractivity contribution in [2.45, 2.75) is 32.6 Å². The highest BCUT2D eigenvalue weighted by Crippen LogP contribution is 2.60. The normalized spacial score (nSPS) is 41.6. The molecule has 0 saturated heterocycles. The first-order valence-corrected chi connectivity index (χ1v) is 4.22. The second-order valence-corrected chi connectivity index (χ2v) is 4.11. The van der Waals surface area contributed by atoms with Crippen LogP contribution in [0.15, 0.2) is 0 Å². The molecule has 2 atom stereocenters. The van der Waals surface area contributed by atoms with E-state index in [9.17, 15) is 0 Å². The van der Waals surface area contributed by atoms with Gasteiger partial charge in [0.15, 0.2) is 0 Å². The SMILES string of the molecule is C#CC1CCC1C1(C)CC1. The summed E-state index contributed by atoms with van der Waals surface area (Å²) in [7, 11) is 0. The summed E-state index contributed by atoms with van der Waals surface area (Å²) in [4.78, 5) is 0. The summed E-state index contributed by atoms with van der Waals surface area (Å²) in [6, 6.07) is 0. The predicted molar refractivity (Wildman–Crippen MR) is 42.4 cm³/mol. The topological polar surface area (TPSA) is 0 Å². The fraction of sp³-hybridized carbons (Fsp3) is 0.800. The Hall–Kier alpha value is -0.440. The number of rotatable bonds is 1. The zero-order chi connectivity index (χ0) is 7.19. The Morgan fingerprint density at radius 2 is 2.10 bits per heavy atom. The molecule has 0 N–H and O–H groups in total. The second kappa shape index (κ2) is 1.78. The van der Waals surface area contributed by atoms with Crippen LogP contribution in [-0.2, 0) is 0 Å². The summed E-state index contributed by atoms with van der Waals surface area (Å²) in [6.45, 7) is 2.39. The van der Waals surface area contributed by atoms with Crippen molar-refractivity contribution in [2.24, 2.45) is 17.3 Å². The standard InChI is InChI=1S/C10H14/c1-3-8-4-5-9(8)10(2)6-7-10/h1,8-9H,4-7H2,2H3. The second-order valence-electron chi connectivity index (χ2n) is 4.11. The quantitative estimate of drug-likeness (QED) is 0.483. The van der Waals surface area contributed by atoms with Crippen molar-refractivity contribution < 1.29 is 0 Å². The Labute approximate surface area is 63.0 Å². The van der Waals surface area contributed by atoms with E-state index in [0.717, 1.165) is 5.92 Å². The van der Waals surface area contributed by atoms with Crippen LogP contribution in [0.1, 0.15) is 32.6 Å². The van der Waals surface area contributed by atoms with E-state index in [-0.39, 0.29) is 0 Å². The number of hydrogen-bond donors (Lipinski definition) is 0. The molecule has 0 aromatic rings. The third kappa shape index (κ3) is 0.700. The molecule has 0 heteroatoms. The highest BCUT2D eigenvalue weighted by atomic mass is 14.5. The molecular formula is C10H14. The van der Waals surface area contributed by atoms with Gasteiger partial charge in [0, 0.05) is 5.92 Å². The maximum atomic E-state index is 5.40. The Balaban J connectivity index is 2.01. The molecule has 2 aliphatic carbocycles. The molecule has 10 heavy (non-hydrogen) atoms. The lowest BCUT2D eigenvalue weighted by Crippen LogP contribution is -2.31. The van der Waals surface area contributed by atoms with Gasteiger partial charge in [-0.25, -0.2) is 0 Å². The van der Waals surface area contributed by atoms with Crippen molar-refractivity contribution >= 4 is 0 Å². The third-order valence-electron chi connectivity index (χ3n) is 3.42. The summed E-state index contributed by atoms with van der Waals surface area (Å²) in [5.41, 5.74) is 0.676. The van der Waals surface area contributed by atoms with Gasteiger partial charge in [0.05, 0.1) is 0 Å². The molecule has 2 unspecified atom stereocenters. The van der Waals surface area contributed by atoms with Crippen LogP contribution in [-0.4, -0.2) is 0 Å². The van der Waals surface area contributed by atoms with Gasteiger partial charge < -0.3 is 0 Å². The first kappa shape index (κ1) is 6.28. The molecule has 2 fully saturated rings. The average Bonchev–Trinajstić information content (AvgIpc) is 2.46. The summed E-state index contributed by atoms with van der Waals surface area (Å²) in [6.07, 6.45) is 10.9. The van der Waals surface area contributed by atoms with E-state index in [0.29, 0.717) is 11.3 Å². The Kier molecular flexibility index (Phi) is 1.12. The van der Waals surface area contributed by atoms with E-state index in [1.54, 1.807) is 0 Å². The molecule has 0 radical (unpaired) electrons. The largest absolute Gasteiger partial charge is 0.120 e. The molecule has 0 amide bonds. The van der Waals surface area contributed by atoms with Gasteiger partial charge in [-0.2, -0.15) is 0 Å². The molecule has 0 bridgehead atoms. The van der Waals surface area contributed by atoms with Crippen LogP contribution in [0.5, 0.6) is 0 Å². The molecular weight excluding hydrogens is 120 g/mol. The van der Waals surface area contributed by atoms with Crippen LogP contribution >= 0.6 is 0 Å². The van der Waals surface area contributed by atoms with Crippen LogP contribution in [0.4, 0.5) is 0 Å². The van der Waals surface area contributed by atoms with Crippen LogP contribution in [0.3, 0.4) is 0 Å². The first-order chi connectivity index (χ1) is 4.76. The lowest BCUT2D eigenvalue weighted by atomic mass is 9.66. The Morgan fingerprint density at radius 3 is 2.40 bits per heavy atom. The summed E-state index contributed by atoms with van der Waals surface area (Å²) in [5.74, 6) is 4.42. The molecule has 0 heterocycles. The minimum atomic E-state index is 0.632. The fourth-order valence-corrected chi connectivity index (χ4v) is 2.10. The van der Waals surface area contributed by atoms with E-state index in [2.05, 4.69) is 12.8 Å². The zero-order valence-electron chi connectivity index (χ0n) is 6.56. The summed E-state index contributed by atoms with van der Waals surface area (Å²) >= 11 is 0. The van der Waals surface area contributed by atoms with E-state index >= 15 is 0 Å². The third-order valence-corrected chi connectivity index (χ3v) is 3.42. The fourth-order valence-electron chi connectivity index (χ4n) is 2.10. The molecule has 54 valence electrons. The zero-order valence-corrected chi connectivity index (χ0v) is 6.56. The minimum absolute atomic E-state index is 0.632. The van der Waals surface area contributed by atoms with Gasteiger partial charge in [-0.1, -0.05) is 6.92 Å². The van der Waals surface area contributed by atoms with Crippen LogP contribution in [0.25, 0.3) is 0 Å². The van der Waals surface area contributed by atoms with Gasteiger partial charge in [0.25, 0.3) is 0 Å². The van der Waals surface area contributed by atoms with Crippen molar-refractivity contribution in [3.05, 3.63) is 0 Å². The smallest absolute Gasteiger partial charge is 0.0233 e. The van der Waals surface area contributed by atoms with Gasteiger partial charge in [-0.3, -0.25) is 0 Å². The molecule has 2 rings (SSSR count). The van der Waals surface area contributed by atoms with E-state index in [1.165, 1.54) is 25.7 Å². The molecule has 0 aliphatic heterocycles. The van der Waals surface area contributed by atoms with Gasteiger partial charge in [0.2, 0.25) is 0 Å². The predicted octanol–water partition coefficient (Wildman–Crippen LogP) is 2.45. The maximum absolute atomic E-state index is 5.40. The van der Waals surface area contributed by atoms with Gasteiger partial charge in [-0.15, -0.1) is 12.3 Å². The van der Waals surface area contributed by atoms with Crippen molar-refractivity contribution in [3.63, 3.8) is 0 Å². The van der Waals surface area contributed by atoms with E-state index in [1.807, 2.05) is 0 Å². The molecule has 2 aliphatic rings. The molecule has 0 spiro atoms.